The third kappa shape index (κ3) is 1.10. The van der Waals surface area contributed by atoms with Gasteiger partial charge in [0.2, 0.25) is 0 Å². The molecule has 70 valence electrons. The molecule has 2 rings (SSSR count). The van der Waals surface area contributed by atoms with E-state index in [2.05, 4.69) is 15.0 Å². The van der Waals surface area contributed by atoms with E-state index in [0.717, 1.165) is 6.33 Å². The van der Waals surface area contributed by atoms with Crippen molar-refractivity contribution in [1.82, 2.24) is 9.97 Å². The first-order valence-electron chi connectivity index (χ1n) is 3.32. The summed E-state index contributed by atoms with van der Waals surface area (Å²) >= 11 is 0. The summed E-state index contributed by atoms with van der Waals surface area (Å²) in [7, 11) is -4.98. The van der Waals surface area contributed by atoms with E-state index in [1.54, 1.807) is 0 Å². The van der Waals surface area contributed by atoms with Gasteiger partial charge in [0, 0.05) is 0 Å². The zero-order valence-electron chi connectivity index (χ0n) is 6.36. The minimum absolute atomic E-state index is 0.00454. The fourth-order valence-corrected chi connectivity index (χ4v) is 2.33. The van der Waals surface area contributed by atoms with Gasteiger partial charge < -0.3 is 0 Å². The van der Waals surface area contributed by atoms with Crippen LogP contribution in [-0.2, 0) is 0 Å². The van der Waals surface area contributed by atoms with Crippen molar-refractivity contribution < 1.29 is 14.7 Å². The predicted molar refractivity (Wildman–Crippen MR) is 47.8 cm³/mol. The molecule has 0 aliphatic carbocycles. The zero-order valence-corrected chi connectivity index (χ0v) is 7.26. The molecule has 13 heavy (non-hydrogen) atoms. The van der Waals surface area contributed by atoms with Gasteiger partial charge in [-0.25, -0.2) is 0 Å². The molecule has 1 aliphatic rings. The van der Waals surface area contributed by atoms with E-state index in [4.69, 9.17) is 5.73 Å². The third-order valence-corrected chi connectivity index (χ3v) is 3.32. The number of rotatable bonds is 0. The van der Waals surface area contributed by atoms with Crippen molar-refractivity contribution in [3.8, 4) is 0 Å². The molecule has 1 aromatic heterocycles. The fraction of sp³-hybridized carbons (Fsp3) is 0. The number of anilines is 1. The van der Waals surface area contributed by atoms with Gasteiger partial charge in [0.15, 0.2) is 0 Å². The number of nitrogens with two attached hydrogens (primary N) is 1. The van der Waals surface area contributed by atoms with Gasteiger partial charge in [0.05, 0.1) is 0 Å². The normalized spacial score (nSPS) is 24.7. The first kappa shape index (κ1) is 8.46. The Morgan fingerprint density at radius 3 is 2.54 bits per heavy atom. The van der Waals surface area contributed by atoms with Gasteiger partial charge in [-0.1, -0.05) is 0 Å². The molecule has 0 fully saturated rings. The second kappa shape index (κ2) is 2.02. The Bertz CT molecular complexity index is 410. The molecular formula is C5H7N4O3P. The molecule has 0 bridgehead atoms. The number of aliphatic imine (C=N–C) groups is 1. The van der Waals surface area contributed by atoms with Gasteiger partial charge in [-0.05, 0) is 0 Å². The van der Waals surface area contributed by atoms with Crippen LogP contribution >= 0.6 is 7.28 Å². The zero-order chi connectivity index (χ0) is 9.71. The van der Waals surface area contributed by atoms with Gasteiger partial charge in [-0.2, -0.15) is 0 Å². The second-order valence-corrected chi connectivity index (χ2v) is 5.46. The van der Waals surface area contributed by atoms with Crippen LogP contribution in [0.5, 0.6) is 0 Å². The van der Waals surface area contributed by atoms with Gasteiger partial charge >= 0.3 is 71.9 Å². The number of nitrogens with zero attached hydrogens (tertiary/aromatic N) is 3. The molecule has 0 saturated heterocycles. The predicted octanol–water partition coefficient (Wildman–Crippen LogP) is -1.37. The summed E-state index contributed by atoms with van der Waals surface area (Å²) in [6.07, 6.45) is 1.03. The Balaban J connectivity index is 2.77. The van der Waals surface area contributed by atoms with Gasteiger partial charge in [-0.15, -0.1) is 0 Å². The monoisotopic (exact) mass is 202 g/mol. The average molecular weight is 202 g/mol. The van der Waals surface area contributed by atoms with Crippen LogP contribution in [0.25, 0.3) is 0 Å². The topological polar surface area (TPSA) is 125 Å². The van der Waals surface area contributed by atoms with E-state index in [-0.39, 0.29) is 16.9 Å². The Morgan fingerprint density at radius 1 is 1.23 bits per heavy atom. The molecule has 7 nitrogen and oxygen atoms in total. The molecule has 8 heteroatoms. The van der Waals surface area contributed by atoms with Crippen LogP contribution in [0.3, 0.4) is 0 Å². The van der Waals surface area contributed by atoms with Crippen molar-refractivity contribution in [2.24, 2.45) is 4.99 Å². The first-order valence-corrected chi connectivity index (χ1v) is 5.48. The Hall–Kier alpha value is -1.14. The Morgan fingerprint density at radius 2 is 1.92 bits per heavy atom. The maximum atomic E-state index is 9.38. The second-order valence-electron chi connectivity index (χ2n) is 2.72. The molecule has 0 spiro atoms. The van der Waals surface area contributed by atoms with Crippen molar-refractivity contribution in [1.29, 1.82) is 0 Å². The number of hydrogen-bond donors (Lipinski definition) is 4. The molecule has 0 unspecified atom stereocenters. The maximum absolute atomic E-state index is 9.38. The van der Waals surface area contributed by atoms with Gasteiger partial charge in [-0.3, -0.25) is 0 Å². The number of hydrogen-bond acceptors (Lipinski definition) is 7. The summed E-state index contributed by atoms with van der Waals surface area (Å²) in [5.41, 5.74) is 5.09. The Labute approximate surface area is 72.8 Å². The fourth-order valence-electron chi connectivity index (χ4n) is 1.04. The van der Waals surface area contributed by atoms with Crippen molar-refractivity contribution >= 4 is 30.2 Å². The van der Waals surface area contributed by atoms with Crippen LogP contribution in [0, 0.1) is 0 Å². The van der Waals surface area contributed by atoms with Gasteiger partial charge in [0.25, 0.3) is 0 Å². The number of aromatic nitrogens is 2. The molecule has 1 aliphatic heterocycles. The summed E-state index contributed by atoms with van der Waals surface area (Å²) in [5, 5.41) is 0. The molecule has 0 saturated carbocycles. The third-order valence-electron chi connectivity index (χ3n) is 1.64. The number of fused-ring (bicyclic) bond motifs is 1. The van der Waals surface area contributed by atoms with Crippen molar-refractivity contribution in [2.45, 2.75) is 0 Å². The molecular weight excluding hydrogens is 195 g/mol. The molecule has 0 atom stereocenters. The van der Waals surface area contributed by atoms with E-state index in [0.29, 0.717) is 5.96 Å². The van der Waals surface area contributed by atoms with Crippen LogP contribution < -0.4 is 11.2 Å². The average Bonchev–Trinajstić information content (AvgIpc) is 2.25. The van der Waals surface area contributed by atoms with Crippen molar-refractivity contribution in [2.75, 3.05) is 5.73 Å². The van der Waals surface area contributed by atoms with Crippen molar-refractivity contribution in [3.05, 3.63) is 6.33 Å². The molecule has 5 N–H and O–H groups in total. The van der Waals surface area contributed by atoms with E-state index >= 15 is 0 Å². The summed E-state index contributed by atoms with van der Waals surface area (Å²) in [6.45, 7) is 0. The summed E-state index contributed by atoms with van der Waals surface area (Å²) < 4.78 is 0. The minimum atomic E-state index is -4.98. The van der Waals surface area contributed by atoms with Crippen LogP contribution in [0.2, 0.25) is 0 Å². The quantitative estimate of drug-likeness (QED) is 0.385. The first-order chi connectivity index (χ1) is 5.88. The van der Waals surface area contributed by atoms with E-state index in [9.17, 15) is 14.7 Å². The summed E-state index contributed by atoms with van der Waals surface area (Å²) in [6, 6.07) is 0. The molecule has 0 aromatic carbocycles. The standard InChI is InChI=1S/C5H7N4O3P/c6-4-3-5(8-1-7-4)13(10,11,12)2-9-3/h1-2,10-12H,(H2,6,7,8). The van der Waals surface area contributed by atoms with Crippen LogP contribution in [0.15, 0.2) is 11.3 Å². The molecule has 1 aromatic rings. The summed E-state index contributed by atoms with van der Waals surface area (Å²) in [5.74, 6) is 0.673. The van der Waals surface area contributed by atoms with E-state index < -0.39 is 7.28 Å². The van der Waals surface area contributed by atoms with Crippen LogP contribution in [-0.4, -0.2) is 30.6 Å². The van der Waals surface area contributed by atoms with Crippen LogP contribution in [0.4, 0.5) is 11.5 Å². The van der Waals surface area contributed by atoms with E-state index in [1.807, 2.05) is 0 Å². The number of nitrogen functional groups attached to an aromatic ring is 1. The molecule has 2 heterocycles. The van der Waals surface area contributed by atoms with Crippen LogP contribution in [0.1, 0.15) is 0 Å². The SMILES string of the molecule is Nc1ncnc2c1N=CP2(O)(O)O. The Kier molecular flexibility index (Phi) is 1.31. The molecule has 0 amide bonds. The molecule has 0 radical (unpaired) electrons. The van der Waals surface area contributed by atoms with Crippen molar-refractivity contribution in [3.63, 3.8) is 0 Å². The van der Waals surface area contributed by atoms with Gasteiger partial charge in [0.1, 0.15) is 0 Å². The van der Waals surface area contributed by atoms with E-state index in [1.165, 1.54) is 0 Å². The summed E-state index contributed by atoms with van der Waals surface area (Å²) in [4.78, 5) is 38.8.